The average molecular weight is 220 g/mol. The van der Waals surface area contributed by atoms with Crippen LogP contribution in [0, 0.1) is 29.6 Å². The van der Waals surface area contributed by atoms with Crippen molar-refractivity contribution in [3.63, 3.8) is 0 Å². The molecule has 2 heteroatoms. The van der Waals surface area contributed by atoms with Crippen molar-refractivity contribution in [3.05, 3.63) is 0 Å². The zero-order valence-electron chi connectivity index (χ0n) is 9.95. The maximum Gasteiger partial charge on any atom is 0.303 e. The lowest BCUT2D eigenvalue weighted by atomic mass is 9.67. The summed E-state index contributed by atoms with van der Waals surface area (Å²) in [6.45, 7) is 1.60. The minimum Gasteiger partial charge on any atom is -0.458 e. The molecule has 0 spiro atoms. The van der Waals surface area contributed by atoms with Crippen LogP contribution in [0.1, 0.15) is 45.4 Å². The fraction of sp³-hybridized carbons (Fsp3) is 0.929. The van der Waals surface area contributed by atoms with Gasteiger partial charge in [-0.2, -0.15) is 0 Å². The predicted molar refractivity (Wildman–Crippen MR) is 59.6 cm³/mol. The molecule has 4 rings (SSSR count). The van der Waals surface area contributed by atoms with E-state index < -0.39 is 0 Å². The monoisotopic (exact) mass is 220 g/mol. The van der Waals surface area contributed by atoms with Gasteiger partial charge in [-0.3, -0.25) is 4.79 Å². The van der Waals surface area contributed by atoms with Crippen LogP contribution >= 0.6 is 0 Å². The van der Waals surface area contributed by atoms with E-state index in [1.54, 1.807) is 6.92 Å². The first kappa shape index (κ1) is 9.49. The molecule has 0 aromatic heterocycles. The second-order valence-corrected chi connectivity index (χ2v) is 6.51. The quantitative estimate of drug-likeness (QED) is 0.501. The van der Waals surface area contributed by atoms with E-state index in [1.807, 2.05) is 0 Å². The fourth-order valence-corrected chi connectivity index (χ4v) is 5.99. The lowest BCUT2D eigenvalue weighted by molar-refractivity contribution is -0.180. The van der Waals surface area contributed by atoms with Crippen LogP contribution in [0.25, 0.3) is 0 Å². The molecule has 16 heavy (non-hydrogen) atoms. The summed E-state index contributed by atoms with van der Waals surface area (Å²) < 4.78 is 5.95. The molecule has 4 aliphatic rings. The largest absolute Gasteiger partial charge is 0.458 e. The van der Waals surface area contributed by atoms with Gasteiger partial charge in [0, 0.05) is 12.8 Å². The summed E-state index contributed by atoms with van der Waals surface area (Å²) in [5.74, 6) is 3.90. The van der Waals surface area contributed by atoms with E-state index in [9.17, 15) is 4.79 Å². The number of carbonyl (C=O) groups excluding carboxylic acids is 1. The van der Waals surface area contributed by atoms with Crippen LogP contribution in [0.4, 0.5) is 0 Å². The van der Waals surface area contributed by atoms with Gasteiger partial charge in [-0.1, -0.05) is 0 Å². The Hall–Kier alpha value is -0.530. The van der Waals surface area contributed by atoms with Crippen molar-refractivity contribution in [1.82, 2.24) is 0 Å². The second-order valence-electron chi connectivity index (χ2n) is 6.51. The van der Waals surface area contributed by atoms with Gasteiger partial charge >= 0.3 is 5.97 Å². The molecule has 4 fully saturated rings. The molecule has 4 bridgehead atoms. The van der Waals surface area contributed by atoms with Gasteiger partial charge in [0.2, 0.25) is 0 Å². The summed E-state index contributed by atoms with van der Waals surface area (Å²) in [6.07, 6.45) is 8.15. The highest BCUT2D eigenvalue weighted by atomic mass is 16.6. The number of hydrogen-bond acceptors (Lipinski definition) is 2. The van der Waals surface area contributed by atoms with Gasteiger partial charge in [-0.25, -0.2) is 0 Å². The second kappa shape index (κ2) is 2.83. The highest BCUT2D eigenvalue weighted by Gasteiger charge is 2.71. The van der Waals surface area contributed by atoms with Crippen molar-refractivity contribution in [3.8, 4) is 0 Å². The highest BCUT2D eigenvalue weighted by molar-refractivity contribution is 5.67. The summed E-state index contributed by atoms with van der Waals surface area (Å²) in [7, 11) is 0. The van der Waals surface area contributed by atoms with Crippen LogP contribution in [0.5, 0.6) is 0 Å². The van der Waals surface area contributed by atoms with E-state index in [-0.39, 0.29) is 11.6 Å². The Morgan fingerprint density at radius 3 is 2.12 bits per heavy atom. The van der Waals surface area contributed by atoms with E-state index in [4.69, 9.17) is 4.74 Å². The van der Waals surface area contributed by atoms with Gasteiger partial charge in [0.1, 0.15) is 5.60 Å². The Balaban J connectivity index is 1.78. The van der Waals surface area contributed by atoms with E-state index in [0.717, 1.165) is 17.8 Å². The first-order chi connectivity index (χ1) is 7.72. The molecule has 0 aliphatic heterocycles. The van der Waals surface area contributed by atoms with Gasteiger partial charge in [-0.05, 0) is 62.2 Å². The number of esters is 1. The summed E-state index contributed by atoms with van der Waals surface area (Å²) in [4.78, 5) is 11.5. The Bertz CT molecular complexity index is 327. The third-order valence-corrected chi connectivity index (χ3v) is 6.08. The zero-order chi connectivity index (χ0) is 10.9. The molecule has 0 unspecified atom stereocenters. The SMILES string of the molecule is CC(=O)OC12C([C@@H]3CC[C@H]1C3)[C@@H]1CC[C@H]2C1. The van der Waals surface area contributed by atoms with Crippen LogP contribution in [0.15, 0.2) is 0 Å². The van der Waals surface area contributed by atoms with Crippen molar-refractivity contribution in [2.45, 2.75) is 51.0 Å². The maximum atomic E-state index is 11.5. The Morgan fingerprint density at radius 1 is 1.06 bits per heavy atom. The molecule has 0 amide bonds. The summed E-state index contributed by atoms with van der Waals surface area (Å²) in [5.41, 5.74) is 0.0116. The normalized spacial score (nSPS) is 56.7. The molecule has 0 aromatic carbocycles. The third-order valence-electron chi connectivity index (χ3n) is 6.08. The predicted octanol–water partition coefficient (Wildman–Crippen LogP) is 2.76. The number of ether oxygens (including phenoxy) is 1. The van der Waals surface area contributed by atoms with Crippen LogP contribution in [-0.2, 0) is 9.53 Å². The first-order valence-electron chi connectivity index (χ1n) is 6.91. The molecular weight excluding hydrogens is 200 g/mol. The molecule has 0 N–H and O–H groups in total. The van der Waals surface area contributed by atoms with E-state index >= 15 is 0 Å². The van der Waals surface area contributed by atoms with E-state index in [1.165, 1.54) is 38.5 Å². The van der Waals surface area contributed by atoms with E-state index in [0.29, 0.717) is 11.8 Å². The van der Waals surface area contributed by atoms with Crippen molar-refractivity contribution >= 4 is 5.97 Å². The van der Waals surface area contributed by atoms with Crippen molar-refractivity contribution in [2.75, 3.05) is 0 Å². The lowest BCUT2D eigenvalue weighted by Crippen LogP contribution is -2.51. The number of fused-ring (bicyclic) bond motifs is 9. The molecule has 0 radical (unpaired) electrons. The minimum absolute atomic E-state index is 0.0116. The Labute approximate surface area is 96.7 Å². The molecule has 4 atom stereocenters. The molecular formula is C14H20O2. The molecule has 0 aromatic rings. The van der Waals surface area contributed by atoms with Gasteiger partial charge < -0.3 is 4.74 Å². The van der Waals surface area contributed by atoms with Crippen LogP contribution < -0.4 is 0 Å². The summed E-state index contributed by atoms with van der Waals surface area (Å²) in [6, 6.07) is 0. The van der Waals surface area contributed by atoms with Gasteiger partial charge in [0.15, 0.2) is 0 Å². The average Bonchev–Trinajstić information content (AvgIpc) is 2.94. The van der Waals surface area contributed by atoms with Gasteiger partial charge in [-0.15, -0.1) is 0 Å². The van der Waals surface area contributed by atoms with Gasteiger partial charge in [0.05, 0.1) is 0 Å². The fourth-order valence-electron chi connectivity index (χ4n) is 5.99. The molecule has 0 saturated heterocycles. The summed E-state index contributed by atoms with van der Waals surface area (Å²) in [5, 5.41) is 0. The topological polar surface area (TPSA) is 26.3 Å². The molecule has 88 valence electrons. The number of rotatable bonds is 1. The van der Waals surface area contributed by atoms with E-state index in [2.05, 4.69) is 0 Å². The lowest BCUT2D eigenvalue weighted by Gasteiger charge is -2.46. The van der Waals surface area contributed by atoms with Crippen LogP contribution in [0.2, 0.25) is 0 Å². The van der Waals surface area contributed by atoms with Crippen molar-refractivity contribution in [1.29, 1.82) is 0 Å². The van der Waals surface area contributed by atoms with Gasteiger partial charge in [0.25, 0.3) is 0 Å². The Morgan fingerprint density at radius 2 is 1.62 bits per heavy atom. The first-order valence-corrected chi connectivity index (χ1v) is 6.91. The minimum atomic E-state index is -0.0369. The number of carbonyl (C=O) groups is 1. The van der Waals surface area contributed by atoms with Crippen LogP contribution in [-0.4, -0.2) is 11.6 Å². The van der Waals surface area contributed by atoms with Crippen LogP contribution in [0.3, 0.4) is 0 Å². The Kier molecular flexibility index (Phi) is 1.68. The third kappa shape index (κ3) is 0.892. The zero-order valence-corrected chi connectivity index (χ0v) is 9.95. The molecule has 4 aliphatic carbocycles. The van der Waals surface area contributed by atoms with Crippen molar-refractivity contribution in [2.24, 2.45) is 29.6 Å². The molecule has 0 heterocycles. The molecule has 2 nitrogen and oxygen atoms in total. The summed E-state index contributed by atoms with van der Waals surface area (Å²) >= 11 is 0. The highest BCUT2D eigenvalue weighted by Crippen LogP contribution is 2.70. The van der Waals surface area contributed by atoms with Crippen molar-refractivity contribution < 1.29 is 9.53 Å². The molecule has 4 saturated carbocycles. The maximum absolute atomic E-state index is 11.5. The smallest absolute Gasteiger partial charge is 0.303 e. The number of hydrogen-bond donors (Lipinski definition) is 0. The standard InChI is InChI=1S/C14H20O2/c1-8(15)16-14-11-4-2-9(6-11)13(14)10-3-5-12(14)7-10/h9-13H,2-7H2,1H3/t9-,10-,11+,12+,13?,14?/m1/s1.